The van der Waals surface area contributed by atoms with Gasteiger partial charge in [0.2, 0.25) is 11.8 Å². The molecule has 6 nitrogen and oxygen atoms in total. The van der Waals surface area contributed by atoms with E-state index in [9.17, 15) is 4.79 Å². The number of halogens is 1. The highest BCUT2D eigenvalue weighted by Gasteiger charge is 2.12. The zero-order valence-electron chi connectivity index (χ0n) is 16.4. The van der Waals surface area contributed by atoms with Crippen molar-refractivity contribution in [2.75, 3.05) is 20.3 Å². The molecule has 1 N–H and O–H groups in total. The predicted molar refractivity (Wildman–Crippen MR) is 111 cm³/mol. The molecule has 7 heteroatoms. The summed E-state index contributed by atoms with van der Waals surface area (Å²) in [6, 6.07) is 15.0. The van der Waals surface area contributed by atoms with Gasteiger partial charge in [-0.1, -0.05) is 23.7 Å². The number of carbonyl (C=O) groups is 1. The van der Waals surface area contributed by atoms with Gasteiger partial charge in [-0.2, -0.15) is 0 Å². The van der Waals surface area contributed by atoms with Crippen molar-refractivity contribution in [3.63, 3.8) is 0 Å². The van der Waals surface area contributed by atoms with Gasteiger partial charge in [-0.05, 0) is 55.3 Å². The Bertz CT molecular complexity index is 936. The van der Waals surface area contributed by atoms with E-state index in [1.807, 2.05) is 55.5 Å². The SMILES string of the molecule is COc1ccc(-c2nc(COCC(=O)NCCc3ccc(Cl)cc3)c(C)o2)cc1. The summed E-state index contributed by atoms with van der Waals surface area (Å²) >= 11 is 5.86. The van der Waals surface area contributed by atoms with E-state index >= 15 is 0 Å². The molecule has 0 radical (unpaired) electrons. The fourth-order valence-corrected chi connectivity index (χ4v) is 2.83. The Balaban J connectivity index is 1.43. The normalized spacial score (nSPS) is 10.7. The number of aromatic nitrogens is 1. The number of methoxy groups -OCH3 is 1. The smallest absolute Gasteiger partial charge is 0.246 e. The molecule has 0 fully saturated rings. The molecule has 0 saturated carbocycles. The molecule has 0 aliphatic heterocycles. The molecule has 0 saturated heterocycles. The third-order valence-corrected chi connectivity index (χ3v) is 4.60. The first-order valence-corrected chi connectivity index (χ1v) is 9.62. The third kappa shape index (κ3) is 6.07. The summed E-state index contributed by atoms with van der Waals surface area (Å²) in [5.41, 5.74) is 2.63. The largest absolute Gasteiger partial charge is 0.497 e. The Kier molecular flexibility index (Phi) is 7.27. The maximum atomic E-state index is 11.9. The fourth-order valence-electron chi connectivity index (χ4n) is 2.71. The van der Waals surface area contributed by atoms with Gasteiger partial charge < -0.3 is 19.2 Å². The van der Waals surface area contributed by atoms with Gasteiger partial charge in [0.05, 0.1) is 13.7 Å². The minimum absolute atomic E-state index is 0.0369. The highest BCUT2D eigenvalue weighted by atomic mass is 35.5. The number of oxazole rings is 1. The predicted octanol–water partition coefficient (Wildman–Crippen LogP) is 4.19. The fraction of sp³-hybridized carbons (Fsp3) is 0.273. The van der Waals surface area contributed by atoms with Crippen LogP contribution in [0.4, 0.5) is 0 Å². The van der Waals surface area contributed by atoms with Crippen LogP contribution in [-0.2, 0) is 22.6 Å². The van der Waals surface area contributed by atoms with Crippen LogP contribution >= 0.6 is 11.6 Å². The average Bonchev–Trinajstić information content (AvgIpc) is 3.10. The van der Waals surface area contributed by atoms with Crippen LogP contribution < -0.4 is 10.1 Å². The maximum Gasteiger partial charge on any atom is 0.246 e. The second-order valence-electron chi connectivity index (χ2n) is 6.47. The van der Waals surface area contributed by atoms with Gasteiger partial charge in [-0.15, -0.1) is 0 Å². The number of hydrogen-bond acceptors (Lipinski definition) is 5. The summed E-state index contributed by atoms with van der Waals surface area (Å²) in [5.74, 6) is 1.77. The lowest BCUT2D eigenvalue weighted by atomic mass is 10.1. The molecular weight excluding hydrogens is 392 g/mol. The molecule has 2 aromatic carbocycles. The summed E-state index contributed by atoms with van der Waals surface area (Å²) in [5, 5.41) is 3.53. The Labute approximate surface area is 174 Å². The van der Waals surface area contributed by atoms with Crippen molar-refractivity contribution in [3.05, 3.63) is 70.6 Å². The number of aryl methyl sites for hydroxylation is 1. The lowest BCUT2D eigenvalue weighted by molar-refractivity contribution is -0.126. The van der Waals surface area contributed by atoms with Crippen molar-refractivity contribution >= 4 is 17.5 Å². The van der Waals surface area contributed by atoms with Crippen LogP contribution in [0.3, 0.4) is 0 Å². The first-order chi connectivity index (χ1) is 14.0. The molecule has 3 rings (SSSR count). The number of nitrogens with zero attached hydrogens (tertiary/aromatic N) is 1. The van der Waals surface area contributed by atoms with Crippen LogP contribution in [0.2, 0.25) is 5.02 Å². The van der Waals surface area contributed by atoms with Gasteiger partial charge in [0.1, 0.15) is 23.8 Å². The molecule has 1 aromatic heterocycles. The van der Waals surface area contributed by atoms with E-state index < -0.39 is 0 Å². The van der Waals surface area contributed by atoms with Crippen molar-refractivity contribution < 1.29 is 18.7 Å². The van der Waals surface area contributed by atoms with Crippen LogP contribution in [0, 0.1) is 6.92 Å². The highest BCUT2D eigenvalue weighted by Crippen LogP contribution is 2.24. The first kappa shape index (κ1) is 20.9. The summed E-state index contributed by atoms with van der Waals surface area (Å²) in [6.07, 6.45) is 0.733. The summed E-state index contributed by atoms with van der Waals surface area (Å²) in [6.45, 7) is 2.53. The number of carbonyl (C=O) groups excluding carboxylic acids is 1. The van der Waals surface area contributed by atoms with Crippen LogP contribution in [0.15, 0.2) is 52.9 Å². The standard InChI is InChI=1S/C22H23ClN2O4/c1-15-20(25-22(29-15)17-5-9-19(27-2)10-6-17)13-28-14-21(26)24-12-11-16-3-7-18(23)8-4-16/h3-10H,11-14H2,1-2H3,(H,24,26). The Morgan fingerprint density at radius 3 is 2.55 bits per heavy atom. The van der Waals surface area contributed by atoms with Gasteiger partial charge in [-0.3, -0.25) is 4.79 Å². The number of benzene rings is 2. The quantitative estimate of drug-likeness (QED) is 0.568. The molecule has 1 amide bonds. The van der Waals surface area contributed by atoms with Gasteiger partial charge in [0.15, 0.2) is 0 Å². The van der Waals surface area contributed by atoms with Crippen molar-refractivity contribution in [2.45, 2.75) is 20.0 Å². The second kappa shape index (κ2) is 10.1. The molecular formula is C22H23ClN2O4. The van der Waals surface area contributed by atoms with Crippen molar-refractivity contribution in [1.82, 2.24) is 10.3 Å². The number of rotatable bonds is 9. The Morgan fingerprint density at radius 1 is 1.14 bits per heavy atom. The zero-order valence-corrected chi connectivity index (χ0v) is 17.2. The zero-order chi connectivity index (χ0) is 20.6. The van der Waals surface area contributed by atoms with Crippen LogP contribution in [0.25, 0.3) is 11.5 Å². The van der Waals surface area contributed by atoms with Gasteiger partial charge in [-0.25, -0.2) is 4.98 Å². The van der Waals surface area contributed by atoms with E-state index in [-0.39, 0.29) is 19.1 Å². The highest BCUT2D eigenvalue weighted by molar-refractivity contribution is 6.30. The first-order valence-electron chi connectivity index (χ1n) is 9.25. The summed E-state index contributed by atoms with van der Waals surface area (Å²) < 4.78 is 16.4. The number of ether oxygens (including phenoxy) is 2. The molecule has 0 bridgehead atoms. The van der Waals surface area contributed by atoms with Crippen molar-refractivity contribution in [1.29, 1.82) is 0 Å². The maximum absolute atomic E-state index is 11.9. The van der Waals surface area contributed by atoms with Crippen molar-refractivity contribution in [3.8, 4) is 17.2 Å². The number of hydrogen-bond donors (Lipinski definition) is 1. The minimum Gasteiger partial charge on any atom is -0.497 e. The van der Waals surface area contributed by atoms with Gasteiger partial charge in [0, 0.05) is 17.1 Å². The molecule has 3 aromatic rings. The molecule has 0 aliphatic carbocycles. The average molecular weight is 415 g/mol. The second-order valence-corrected chi connectivity index (χ2v) is 6.91. The summed E-state index contributed by atoms with van der Waals surface area (Å²) in [7, 11) is 1.62. The molecule has 0 spiro atoms. The molecule has 0 unspecified atom stereocenters. The van der Waals surface area contributed by atoms with Gasteiger partial charge in [0.25, 0.3) is 0 Å². The van der Waals surface area contributed by atoms with E-state index in [0.717, 1.165) is 23.3 Å². The lowest BCUT2D eigenvalue weighted by Gasteiger charge is -2.06. The van der Waals surface area contributed by atoms with E-state index in [2.05, 4.69) is 10.3 Å². The molecule has 29 heavy (non-hydrogen) atoms. The van der Waals surface area contributed by atoms with E-state index in [0.29, 0.717) is 28.9 Å². The van der Waals surface area contributed by atoms with Crippen molar-refractivity contribution in [2.24, 2.45) is 0 Å². The van der Waals surface area contributed by atoms with Crippen LogP contribution in [-0.4, -0.2) is 31.2 Å². The van der Waals surface area contributed by atoms with E-state index in [1.54, 1.807) is 7.11 Å². The topological polar surface area (TPSA) is 73.6 Å². The van der Waals surface area contributed by atoms with Crippen LogP contribution in [0.1, 0.15) is 17.0 Å². The molecule has 0 atom stereocenters. The molecule has 152 valence electrons. The minimum atomic E-state index is -0.171. The number of amides is 1. The van der Waals surface area contributed by atoms with Crippen LogP contribution in [0.5, 0.6) is 5.75 Å². The van der Waals surface area contributed by atoms with Gasteiger partial charge >= 0.3 is 0 Å². The van der Waals surface area contributed by atoms with E-state index in [1.165, 1.54) is 0 Å². The van der Waals surface area contributed by atoms with E-state index in [4.69, 9.17) is 25.5 Å². The molecule has 1 heterocycles. The lowest BCUT2D eigenvalue weighted by Crippen LogP contribution is -2.29. The molecule has 0 aliphatic rings. The Hall–Kier alpha value is -2.83. The Morgan fingerprint density at radius 2 is 1.86 bits per heavy atom. The number of nitrogens with one attached hydrogen (secondary N) is 1. The summed E-state index contributed by atoms with van der Waals surface area (Å²) in [4.78, 5) is 16.4. The third-order valence-electron chi connectivity index (χ3n) is 4.35. The monoisotopic (exact) mass is 414 g/mol.